The molecule has 2 radical (unpaired) electrons. The zero-order chi connectivity index (χ0) is 7.72. The molecule has 1 aliphatic rings. The van der Waals surface area contributed by atoms with Gasteiger partial charge in [-0.2, -0.15) is 0 Å². The maximum absolute atomic E-state index is 10.4. The molecule has 0 bridgehead atoms. The topological polar surface area (TPSA) is 46.5 Å². The molecule has 3 nitrogen and oxygen atoms in total. The van der Waals surface area contributed by atoms with Crippen LogP contribution in [0.1, 0.15) is 13.3 Å². The van der Waals surface area contributed by atoms with Crippen molar-refractivity contribution in [3.8, 4) is 0 Å². The highest BCUT2D eigenvalue weighted by Gasteiger charge is 2.34. The van der Waals surface area contributed by atoms with Gasteiger partial charge in [0.25, 0.3) is 0 Å². The fourth-order valence-electron chi connectivity index (χ4n) is 1.17. The van der Waals surface area contributed by atoms with E-state index in [2.05, 4.69) is 0 Å². The molecule has 4 heteroatoms. The summed E-state index contributed by atoms with van der Waals surface area (Å²) in [6.45, 7) is 1.83. The second-order valence-electron chi connectivity index (χ2n) is 2.65. The minimum atomic E-state index is -0.916. The first kappa shape index (κ1) is 7.60. The quantitative estimate of drug-likeness (QED) is 0.521. The van der Waals surface area contributed by atoms with Crippen molar-refractivity contribution in [2.24, 2.45) is 5.92 Å². The van der Waals surface area contributed by atoms with Crippen molar-refractivity contribution in [3.63, 3.8) is 0 Å². The molecule has 1 unspecified atom stereocenters. The molecule has 0 saturated carbocycles. The van der Waals surface area contributed by atoms with E-state index in [4.69, 9.17) is 17.7 Å². The molecule has 0 aliphatic carbocycles. The van der Waals surface area contributed by atoms with E-state index in [0.29, 0.717) is 6.42 Å². The van der Waals surface area contributed by atoms with E-state index >= 15 is 0 Å². The highest BCUT2D eigenvalue weighted by atomic mass is 16.5. The highest BCUT2D eigenvalue weighted by molar-refractivity contribution is 6.11. The van der Waals surface area contributed by atoms with E-state index in [1.165, 1.54) is 0 Å². The normalized spacial score (nSPS) is 39.9. The maximum atomic E-state index is 10.4. The van der Waals surface area contributed by atoms with Gasteiger partial charge in [-0.25, -0.2) is 4.79 Å². The highest BCUT2D eigenvalue weighted by Crippen LogP contribution is 2.24. The lowest BCUT2D eigenvalue weighted by molar-refractivity contribution is -0.149. The van der Waals surface area contributed by atoms with Crippen LogP contribution in [0.15, 0.2) is 0 Å². The molecule has 1 saturated heterocycles. The number of rotatable bonds is 1. The Bertz CT molecular complexity index is 148. The lowest BCUT2D eigenvalue weighted by atomic mass is 9.92. The van der Waals surface area contributed by atoms with Gasteiger partial charge >= 0.3 is 5.97 Å². The first-order valence-electron chi connectivity index (χ1n) is 3.25. The van der Waals surface area contributed by atoms with E-state index in [9.17, 15) is 4.79 Å². The zero-order valence-electron chi connectivity index (χ0n) is 5.78. The van der Waals surface area contributed by atoms with Crippen LogP contribution >= 0.6 is 0 Å². The SMILES string of the molecule is [B][C@H]1CC(C)[C@@H](C(=O)O)O1. The van der Waals surface area contributed by atoms with Gasteiger partial charge in [-0.15, -0.1) is 0 Å². The summed E-state index contributed by atoms with van der Waals surface area (Å²) in [4.78, 5) is 10.4. The Balaban J connectivity index is 2.54. The molecular formula is C6H9BO3. The number of hydrogen-bond donors (Lipinski definition) is 1. The first-order valence-corrected chi connectivity index (χ1v) is 3.25. The monoisotopic (exact) mass is 140 g/mol. The van der Waals surface area contributed by atoms with Gasteiger partial charge in [-0.3, -0.25) is 0 Å². The Morgan fingerprint density at radius 2 is 2.40 bits per heavy atom. The Morgan fingerprint density at radius 3 is 2.60 bits per heavy atom. The van der Waals surface area contributed by atoms with Crippen LogP contribution in [0.4, 0.5) is 0 Å². The summed E-state index contributed by atoms with van der Waals surface area (Å²) < 4.78 is 4.91. The Labute approximate surface area is 60.8 Å². The second-order valence-corrected chi connectivity index (χ2v) is 2.65. The Hall–Kier alpha value is -0.505. The molecule has 1 heterocycles. The predicted octanol–water partition coefficient (Wildman–Crippen LogP) is -0.00940. The van der Waals surface area contributed by atoms with E-state index in [1.807, 2.05) is 6.92 Å². The summed E-state index contributed by atoms with van der Waals surface area (Å²) >= 11 is 0. The zero-order valence-corrected chi connectivity index (χ0v) is 5.78. The van der Waals surface area contributed by atoms with Gasteiger partial charge in [0, 0.05) is 6.00 Å². The largest absolute Gasteiger partial charge is 0.479 e. The van der Waals surface area contributed by atoms with Crippen LogP contribution in [0.25, 0.3) is 0 Å². The van der Waals surface area contributed by atoms with Crippen molar-refractivity contribution in [2.75, 3.05) is 0 Å². The minimum absolute atomic E-state index is 0.0347. The van der Waals surface area contributed by atoms with Crippen LogP contribution in [-0.2, 0) is 9.53 Å². The molecule has 3 atom stereocenters. The van der Waals surface area contributed by atoms with Crippen molar-refractivity contribution in [3.05, 3.63) is 0 Å². The van der Waals surface area contributed by atoms with Crippen LogP contribution in [-0.4, -0.2) is 31.0 Å². The smallest absolute Gasteiger partial charge is 0.333 e. The van der Waals surface area contributed by atoms with Crippen LogP contribution in [0.3, 0.4) is 0 Å². The standard InChI is InChI=1S/C6H9BO3/c1-3-2-4(7)10-5(3)6(8)9/h3-5H,2H2,1H3,(H,8,9)/t3?,4-,5+/m1/s1. The number of carbonyl (C=O) groups is 1. The molecule has 54 valence electrons. The van der Waals surface area contributed by atoms with Gasteiger partial charge in [0.2, 0.25) is 0 Å². The number of ether oxygens (including phenoxy) is 1. The van der Waals surface area contributed by atoms with Crippen LogP contribution in [0, 0.1) is 5.92 Å². The van der Waals surface area contributed by atoms with Gasteiger partial charge in [0.05, 0.1) is 0 Å². The average molecular weight is 140 g/mol. The number of hydrogen-bond acceptors (Lipinski definition) is 2. The third kappa shape index (κ3) is 1.32. The fourth-order valence-corrected chi connectivity index (χ4v) is 1.17. The lowest BCUT2D eigenvalue weighted by Gasteiger charge is -2.07. The minimum Gasteiger partial charge on any atom is -0.479 e. The maximum Gasteiger partial charge on any atom is 0.333 e. The van der Waals surface area contributed by atoms with E-state index < -0.39 is 18.1 Å². The summed E-state index contributed by atoms with van der Waals surface area (Å²) in [5.74, 6) is -0.882. The number of aliphatic carboxylic acids is 1. The summed E-state index contributed by atoms with van der Waals surface area (Å²) in [7, 11) is 5.37. The fraction of sp³-hybridized carbons (Fsp3) is 0.833. The van der Waals surface area contributed by atoms with Crippen LogP contribution < -0.4 is 0 Å². The molecule has 1 fully saturated rings. The van der Waals surface area contributed by atoms with Crippen molar-refractivity contribution < 1.29 is 14.6 Å². The van der Waals surface area contributed by atoms with Gasteiger partial charge in [0.15, 0.2) is 6.10 Å². The van der Waals surface area contributed by atoms with Crippen molar-refractivity contribution in [1.82, 2.24) is 0 Å². The Kier molecular flexibility index (Phi) is 1.99. The van der Waals surface area contributed by atoms with E-state index in [-0.39, 0.29) is 5.92 Å². The molecule has 0 aromatic rings. The molecule has 1 rings (SSSR count). The molecular weight excluding hydrogens is 131 g/mol. The molecule has 0 amide bonds. The third-order valence-corrected chi connectivity index (χ3v) is 1.69. The van der Waals surface area contributed by atoms with Crippen LogP contribution in [0.2, 0.25) is 0 Å². The molecule has 1 N–H and O–H groups in total. The van der Waals surface area contributed by atoms with Gasteiger partial charge in [0.1, 0.15) is 7.85 Å². The van der Waals surface area contributed by atoms with Gasteiger partial charge < -0.3 is 9.84 Å². The molecule has 1 aliphatic heterocycles. The van der Waals surface area contributed by atoms with E-state index in [0.717, 1.165) is 0 Å². The summed E-state index contributed by atoms with van der Waals surface area (Å²) in [6, 6.07) is -0.393. The molecule has 10 heavy (non-hydrogen) atoms. The van der Waals surface area contributed by atoms with Crippen molar-refractivity contribution in [2.45, 2.75) is 25.5 Å². The first-order chi connectivity index (χ1) is 4.61. The molecule has 0 aromatic carbocycles. The molecule has 0 spiro atoms. The number of carboxylic acids is 1. The van der Waals surface area contributed by atoms with Crippen molar-refractivity contribution in [1.29, 1.82) is 0 Å². The lowest BCUT2D eigenvalue weighted by Crippen LogP contribution is -2.25. The summed E-state index contributed by atoms with van der Waals surface area (Å²) in [5, 5.41) is 8.52. The van der Waals surface area contributed by atoms with Crippen molar-refractivity contribution >= 4 is 13.8 Å². The average Bonchev–Trinajstić information content (AvgIpc) is 2.10. The van der Waals surface area contributed by atoms with Gasteiger partial charge in [-0.1, -0.05) is 6.92 Å². The predicted molar refractivity (Wildman–Crippen MR) is 35.8 cm³/mol. The number of carboxylic acid groups (broad SMARTS) is 1. The Morgan fingerprint density at radius 1 is 1.80 bits per heavy atom. The summed E-state index contributed by atoms with van der Waals surface area (Å²) in [6.07, 6.45) is -0.0632. The van der Waals surface area contributed by atoms with Gasteiger partial charge in [-0.05, 0) is 12.3 Å². The van der Waals surface area contributed by atoms with E-state index in [1.54, 1.807) is 0 Å². The van der Waals surface area contributed by atoms with Crippen LogP contribution in [0.5, 0.6) is 0 Å². The third-order valence-electron chi connectivity index (χ3n) is 1.69. The summed E-state index contributed by atoms with van der Waals surface area (Å²) in [5.41, 5.74) is 0. The second kappa shape index (κ2) is 2.62. The molecule has 0 aromatic heterocycles.